The topological polar surface area (TPSA) is 50.4 Å². The number of ether oxygens (including phenoxy) is 1. The van der Waals surface area contributed by atoms with Crippen LogP contribution in [-0.2, 0) is 4.79 Å². The molecule has 1 saturated carbocycles. The first-order valence-corrected chi connectivity index (χ1v) is 6.42. The predicted molar refractivity (Wildman–Crippen MR) is 71.8 cm³/mol. The number of carbonyl (C=O) groups excluding carboxylic acids is 1. The molecule has 18 heavy (non-hydrogen) atoms. The molecular weight excluding hydrogens is 228 g/mol. The predicted octanol–water partition coefficient (Wildman–Crippen LogP) is 2.02. The van der Waals surface area contributed by atoms with Gasteiger partial charge in [0.05, 0.1) is 13.7 Å². The summed E-state index contributed by atoms with van der Waals surface area (Å²) < 4.78 is 5.10. The van der Waals surface area contributed by atoms with Crippen LogP contribution in [0, 0.1) is 5.92 Å². The molecule has 0 bridgehead atoms. The number of benzene rings is 1. The molecule has 0 aliphatic heterocycles. The molecule has 0 radical (unpaired) electrons. The Bertz CT molecular complexity index is 403. The average Bonchev–Trinajstić information content (AvgIpc) is 2.32. The lowest BCUT2D eigenvalue weighted by atomic mass is 9.85. The molecule has 1 fully saturated rings. The Balaban J connectivity index is 1.71. The van der Waals surface area contributed by atoms with Crippen molar-refractivity contribution in [1.82, 2.24) is 5.32 Å². The van der Waals surface area contributed by atoms with Gasteiger partial charge in [-0.05, 0) is 37.4 Å². The van der Waals surface area contributed by atoms with E-state index in [0.29, 0.717) is 6.54 Å². The summed E-state index contributed by atoms with van der Waals surface area (Å²) in [4.78, 5) is 11.7. The molecule has 0 unspecified atom stereocenters. The number of amides is 1. The summed E-state index contributed by atoms with van der Waals surface area (Å²) in [7, 11) is 1.61. The van der Waals surface area contributed by atoms with Gasteiger partial charge in [-0.2, -0.15) is 0 Å². The second-order valence-corrected chi connectivity index (χ2v) is 4.71. The summed E-state index contributed by atoms with van der Waals surface area (Å²) in [5.74, 6) is 1.51. The largest absolute Gasteiger partial charge is 0.497 e. The molecule has 0 saturated heterocycles. The molecule has 4 heteroatoms. The highest BCUT2D eigenvalue weighted by Gasteiger charge is 2.16. The fraction of sp³-hybridized carbons (Fsp3) is 0.500. The number of hydrogen-bond donors (Lipinski definition) is 2. The lowest BCUT2D eigenvalue weighted by Crippen LogP contribution is -2.33. The molecule has 0 aromatic heterocycles. The van der Waals surface area contributed by atoms with Gasteiger partial charge in [-0.15, -0.1) is 0 Å². The van der Waals surface area contributed by atoms with Crippen LogP contribution in [0.5, 0.6) is 5.75 Å². The Labute approximate surface area is 108 Å². The quantitative estimate of drug-likeness (QED) is 0.810. The first-order chi connectivity index (χ1) is 8.78. The van der Waals surface area contributed by atoms with E-state index in [1.165, 1.54) is 19.3 Å². The van der Waals surface area contributed by atoms with Crippen molar-refractivity contribution in [3.8, 4) is 5.75 Å². The zero-order valence-electron chi connectivity index (χ0n) is 10.7. The van der Waals surface area contributed by atoms with Crippen LogP contribution in [0.2, 0.25) is 0 Å². The maximum atomic E-state index is 11.7. The molecule has 2 rings (SSSR count). The van der Waals surface area contributed by atoms with Crippen LogP contribution in [0.15, 0.2) is 24.3 Å². The summed E-state index contributed by atoms with van der Waals surface area (Å²) in [5.41, 5.74) is 0.768. The van der Waals surface area contributed by atoms with E-state index in [-0.39, 0.29) is 5.91 Å². The molecule has 1 aromatic rings. The smallest absolute Gasteiger partial charge is 0.238 e. The number of carbonyl (C=O) groups is 1. The molecular formula is C14H20N2O2. The summed E-state index contributed by atoms with van der Waals surface area (Å²) in [5, 5.41) is 6.04. The Morgan fingerprint density at radius 1 is 1.44 bits per heavy atom. The lowest BCUT2D eigenvalue weighted by Gasteiger charge is -2.25. The minimum atomic E-state index is -0.0115. The Hall–Kier alpha value is -1.55. The molecule has 0 spiro atoms. The zero-order chi connectivity index (χ0) is 12.8. The highest BCUT2D eigenvalue weighted by Crippen LogP contribution is 2.25. The van der Waals surface area contributed by atoms with Crippen molar-refractivity contribution in [2.45, 2.75) is 19.3 Å². The molecule has 2 N–H and O–H groups in total. The van der Waals surface area contributed by atoms with Gasteiger partial charge in [0.15, 0.2) is 0 Å². The SMILES string of the molecule is COc1cccc(NC(=O)CNCC2CCC2)c1. The lowest BCUT2D eigenvalue weighted by molar-refractivity contribution is -0.115. The normalized spacial score (nSPS) is 14.9. The monoisotopic (exact) mass is 248 g/mol. The summed E-state index contributed by atoms with van der Waals surface area (Å²) in [6.45, 7) is 1.32. The number of methoxy groups -OCH3 is 1. The molecule has 1 aliphatic rings. The van der Waals surface area contributed by atoms with E-state index >= 15 is 0 Å². The van der Waals surface area contributed by atoms with E-state index < -0.39 is 0 Å². The number of rotatable bonds is 6. The van der Waals surface area contributed by atoms with Crippen molar-refractivity contribution in [3.05, 3.63) is 24.3 Å². The Kier molecular flexibility index (Phi) is 4.59. The molecule has 0 heterocycles. The first-order valence-electron chi connectivity index (χ1n) is 6.42. The average molecular weight is 248 g/mol. The number of hydrogen-bond acceptors (Lipinski definition) is 3. The van der Waals surface area contributed by atoms with Crippen molar-refractivity contribution in [3.63, 3.8) is 0 Å². The van der Waals surface area contributed by atoms with Crippen LogP contribution < -0.4 is 15.4 Å². The van der Waals surface area contributed by atoms with Crippen molar-refractivity contribution < 1.29 is 9.53 Å². The van der Waals surface area contributed by atoms with Crippen LogP contribution in [0.1, 0.15) is 19.3 Å². The third-order valence-corrected chi connectivity index (χ3v) is 3.30. The second-order valence-electron chi connectivity index (χ2n) is 4.71. The van der Waals surface area contributed by atoms with Gasteiger partial charge in [-0.1, -0.05) is 12.5 Å². The molecule has 0 atom stereocenters. The maximum absolute atomic E-state index is 11.7. The Morgan fingerprint density at radius 2 is 2.28 bits per heavy atom. The van der Waals surface area contributed by atoms with E-state index in [1.807, 2.05) is 24.3 Å². The minimum Gasteiger partial charge on any atom is -0.497 e. The van der Waals surface area contributed by atoms with Gasteiger partial charge in [0.1, 0.15) is 5.75 Å². The van der Waals surface area contributed by atoms with Gasteiger partial charge < -0.3 is 15.4 Å². The van der Waals surface area contributed by atoms with E-state index in [1.54, 1.807) is 7.11 Å². The van der Waals surface area contributed by atoms with E-state index in [0.717, 1.165) is 23.9 Å². The molecule has 98 valence electrons. The van der Waals surface area contributed by atoms with Crippen LogP contribution >= 0.6 is 0 Å². The third kappa shape index (κ3) is 3.74. The molecule has 1 amide bonds. The van der Waals surface area contributed by atoms with E-state index in [4.69, 9.17) is 4.74 Å². The fourth-order valence-electron chi connectivity index (χ4n) is 1.99. The van der Waals surface area contributed by atoms with Crippen molar-refractivity contribution in [2.75, 3.05) is 25.5 Å². The highest BCUT2D eigenvalue weighted by molar-refractivity contribution is 5.92. The minimum absolute atomic E-state index is 0.0115. The van der Waals surface area contributed by atoms with Gasteiger partial charge in [-0.25, -0.2) is 0 Å². The van der Waals surface area contributed by atoms with Crippen LogP contribution in [-0.4, -0.2) is 26.1 Å². The van der Waals surface area contributed by atoms with Gasteiger partial charge in [0.25, 0.3) is 0 Å². The zero-order valence-corrected chi connectivity index (χ0v) is 10.7. The maximum Gasteiger partial charge on any atom is 0.238 e. The van der Waals surface area contributed by atoms with Gasteiger partial charge in [0, 0.05) is 11.8 Å². The van der Waals surface area contributed by atoms with Crippen LogP contribution in [0.3, 0.4) is 0 Å². The van der Waals surface area contributed by atoms with Gasteiger partial charge in [-0.3, -0.25) is 4.79 Å². The molecule has 1 aromatic carbocycles. The summed E-state index contributed by atoms with van der Waals surface area (Å²) in [6.07, 6.45) is 3.93. The van der Waals surface area contributed by atoms with Crippen LogP contribution in [0.25, 0.3) is 0 Å². The number of nitrogens with one attached hydrogen (secondary N) is 2. The van der Waals surface area contributed by atoms with Crippen LogP contribution in [0.4, 0.5) is 5.69 Å². The third-order valence-electron chi connectivity index (χ3n) is 3.30. The summed E-state index contributed by atoms with van der Waals surface area (Å²) in [6, 6.07) is 7.37. The van der Waals surface area contributed by atoms with Crippen molar-refractivity contribution in [2.24, 2.45) is 5.92 Å². The highest BCUT2D eigenvalue weighted by atomic mass is 16.5. The van der Waals surface area contributed by atoms with Gasteiger partial charge in [0.2, 0.25) is 5.91 Å². The Morgan fingerprint density at radius 3 is 2.94 bits per heavy atom. The van der Waals surface area contributed by atoms with E-state index in [9.17, 15) is 4.79 Å². The van der Waals surface area contributed by atoms with Gasteiger partial charge >= 0.3 is 0 Å². The molecule has 1 aliphatic carbocycles. The number of anilines is 1. The van der Waals surface area contributed by atoms with E-state index in [2.05, 4.69) is 10.6 Å². The summed E-state index contributed by atoms with van der Waals surface area (Å²) >= 11 is 0. The molecule has 4 nitrogen and oxygen atoms in total. The van der Waals surface area contributed by atoms with Crippen molar-refractivity contribution >= 4 is 11.6 Å². The first kappa shape index (κ1) is 12.9. The van der Waals surface area contributed by atoms with Crippen molar-refractivity contribution in [1.29, 1.82) is 0 Å². The fourth-order valence-corrected chi connectivity index (χ4v) is 1.99. The second kappa shape index (κ2) is 6.40. The standard InChI is InChI=1S/C14H20N2O2/c1-18-13-7-3-6-12(8-13)16-14(17)10-15-9-11-4-2-5-11/h3,6-8,11,15H,2,4-5,9-10H2,1H3,(H,16,17).